The Labute approximate surface area is 141 Å². The molecular formula is C14H6BrF3N4O2. The largest absolute Gasteiger partial charge is 0.573 e. The third kappa shape index (κ3) is 3.50. The van der Waals surface area contributed by atoms with Gasteiger partial charge in [-0.1, -0.05) is 15.9 Å². The van der Waals surface area contributed by atoms with E-state index < -0.39 is 23.2 Å². The Balaban J connectivity index is 2.80. The molecule has 6 nitrogen and oxygen atoms in total. The predicted octanol–water partition coefficient (Wildman–Crippen LogP) is 3.03. The van der Waals surface area contributed by atoms with Crippen LogP contribution in [0.4, 0.5) is 19.0 Å². The lowest BCUT2D eigenvalue weighted by molar-refractivity contribution is -0.274. The van der Waals surface area contributed by atoms with Crippen LogP contribution in [0, 0.1) is 22.7 Å². The van der Waals surface area contributed by atoms with Crippen molar-refractivity contribution in [2.75, 3.05) is 5.73 Å². The van der Waals surface area contributed by atoms with Gasteiger partial charge < -0.3 is 15.5 Å². The molecule has 0 saturated carbocycles. The molecule has 0 spiro atoms. The molecule has 0 atom stereocenters. The summed E-state index contributed by atoms with van der Waals surface area (Å²) in [5, 5.41) is 18.4. The van der Waals surface area contributed by atoms with Gasteiger partial charge in [0.15, 0.2) is 0 Å². The van der Waals surface area contributed by atoms with Crippen molar-refractivity contribution in [3.05, 3.63) is 44.2 Å². The fourth-order valence-electron chi connectivity index (χ4n) is 2.03. The SMILES string of the molecule is N#Cc1c(N)[nH]c(=O)c(C#N)c1-c1cc(Br)cc(OC(F)(F)F)c1. The van der Waals surface area contributed by atoms with E-state index in [0.717, 1.165) is 12.1 Å². The molecule has 1 aromatic carbocycles. The number of nitrogens with one attached hydrogen (secondary N) is 1. The van der Waals surface area contributed by atoms with Crippen LogP contribution in [-0.4, -0.2) is 11.3 Å². The maximum absolute atomic E-state index is 12.4. The van der Waals surface area contributed by atoms with E-state index in [2.05, 4.69) is 25.7 Å². The zero-order chi connectivity index (χ0) is 18.1. The van der Waals surface area contributed by atoms with Crippen LogP contribution in [0.1, 0.15) is 11.1 Å². The standard InChI is InChI=1S/C14H6BrF3N4O2/c15-7-1-6(2-8(3-7)24-14(16,17)18)11-9(4-19)12(21)22-13(23)10(11)5-20/h1-3H,(H3,21,22,23). The minimum atomic E-state index is -4.93. The molecule has 0 aliphatic carbocycles. The molecule has 1 heterocycles. The highest BCUT2D eigenvalue weighted by Gasteiger charge is 2.31. The summed E-state index contributed by atoms with van der Waals surface area (Å²) < 4.78 is 41.3. The Hall–Kier alpha value is -2.98. The minimum Gasteiger partial charge on any atom is -0.406 e. The van der Waals surface area contributed by atoms with Crippen molar-refractivity contribution in [3.63, 3.8) is 0 Å². The lowest BCUT2D eigenvalue weighted by Gasteiger charge is -2.13. The topological polar surface area (TPSA) is 116 Å². The fraction of sp³-hybridized carbons (Fsp3) is 0.0714. The molecule has 0 fully saturated rings. The Morgan fingerprint density at radius 2 is 1.79 bits per heavy atom. The van der Waals surface area contributed by atoms with Gasteiger partial charge in [0.25, 0.3) is 5.56 Å². The van der Waals surface area contributed by atoms with E-state index in [0.29, 0.717) is 0 Å². The van der Waals surface area contributed by atoms with Gasteiger partial charge in [-0.3, -0.25) is 4.79 Å². The number of H-pyrrole nitrogens is 1. The molecule has 0 radical (unpaired) electrons. The second kappa shape index (κ2) is 6.26. The Morgan fingerprint density at radius 3 is 2.33 bits per heavy atom. The van der Waals surface area contributed by atoms with E-state index in [9.17, 15) is 23.2 Å². The van der Waals surface area contributed by atoms with Crippen LogP contribution >= 0.6 is 15.9 Å². The molecule has 0 saturated heterocycles. The summed E-state index contributed by atoms with van der Waals surface area (Å²) >= 11 is 3.02. The van der Waals surface area contributed by atoms with Crippen molar-refractivity contribution in [3.8, 4) is 29.0 Å². The van der Waals surface area contributed by atoms with Crippen LogP contribution in [-0.2, 0) is 0 Å². The molecule has 0 bridgehead atoms. The number of aromatic nitrogens is 1. The van der Waals surface area contributed by atoms with Crippen molar-refractivity contribution in [1.82, 2.24) is 4.98 Å². The molecular weight excluding hydrogens is 393 g/mol. The van der Waals surface area contributed by atoms with Gasteiger partial charge in [-0.05, 0) is 23.8 Å². The summed E-state index contributed by atoms with van der Waals surface area (Å²) in [7, 11) is 0. The number of nitrogen functional groups attached to an aromatic ring is 1. The molecule has 10 heteroatoms. The summed E-state index contributed by atoms with van der Waals surface area (Å²) in [5.74, 6) is -0.881. The van der Waals surface area contributed by atoms with Gasteiger partial charge in [-0.25, -0.2) is 0 Å². The monoisotopic (exact) mass is 398 g/mol. The summed E-state index contributed by atoms with van der Waals surface area (Å²) in [5.41, 5.74) is 3.84. The number of aromatic amines is 1. The molecule has 0 unspecified atom stereocenters. The van der Waals surface area contributed by atoms with Crippen LogP contribution < -0.4 is 16.0 Å². The lowest BCUT2D eigenvalue weighted by Crippen LogP contribution is -2.18. The maximum atomic E-state index is 12.4. The first-order valence-corrected chi connectivity index (χ1v) is 6.88. The van der Waals surface area contributed by atoms with Gasteiger partial charge in [-0.15, -0.1) is 13.2 Å². The van der Waals surface area contributed by atoms with Crippen LogP contribution in [0.3, 0.4) is 0 Å². The third-order valence-electron chi connectivity index (χ3n) is 2.86. The maximum Gasteiger partial charge on any atom is 0.573 e. The van der Waals surface area contributed by atoms with E-state index in [1.807, 2.05) is 0 Å². The van der Waals surface area contributed by atoms with Crippen molar-refractivity contribution >= 4 is 21.7 Å². The van der Waals surface area contributed by atoms with E-state index in [1.54, 1.807) is 12.1 Å². The van der Waals surface area contributed by atoms with Crippen molar-refractivity contribution in [1.29, 1.82) is 10.5 Å². The molecule has 122 valence electrons. The Morgan fingerprint density at radius 1 is 1.17 bits per heavy atom. The molecule has 24 heavy (non-hydrogen) atoms. The molecule has 2 rings (SSSR count). The van der Waals surface area contributed by atoms with Crippen molar-refractivity contribution < 1.29 is 17.9 Å². The fourth-order valence-corrected chi connectivity index (χ4v) is 2.50. The summed E-state index contributed by atoms with van der Waals surface area (Å²) in [6.45, 7) is 0. The van der Waals surface area contributed by atoms with Crippen LogP contribution in [0.15, 0.2) is 27.5 Å². The number of hydrogen-bond acceptors (Lipinski definition) is 5. The average molecular weight is 399 g/mol. The number of pyridine rings is 1. The number of nitriles is 2. The van der Waals surface area contributed by atoms with Crippen LogP contribution in [0.25, 0.3) is 11.1 Å². The van der Waals surface area contributed by atoms with Crippen LogP contribution in [0.5, 0.6) is 5.75 Å². The number of hydrogen-bond donors (Lipinski definition) is 2. The van der Waals surface area contributed by atoms with E-state index in [1.165, 1.54) is 6.07 Å². The smallest absolute Gasteiger partial charge is 0.406 e. The number of nitrogens with two attached hydrogens (primary N) is 1. The normalized spacial score (nSPS) is 10.8. The first kappa shape index (κ1) is 17.4. The highest BCUT2D eigenvalue weighted by atomic mass is 79.9. The highest BCUT2D eigenvalue weighted by Crippen LogP contribution is 2.35. The quantitative estimate of drug-likeness (QED) is 0.806. The van der Waals surface area contributed by atoms with Gasteiger partial charge in [0, 0.05) is 10.0 Å². The van der Waals surface area contributed by atoms with E-state index >= 15 is 0 Å². The second-order valence-electron chi connectivity index (χ2n) is 4.44. The molecule has 0 aliphatic heterocycles. The first-order chi connectivity index (χ1) is 11.2. The number of anilines is 1. The van der Waals surface area contributed by atoms with Gasteiger partial charge in [0.05, 0.1) is 0 Å². The van der Waals surface area contributed by atoms with Gasteiger partial charge >= 0.3 is 6.36 Å². The van der Waals surface area contributed by atoms with E-state index in [-0.39, 0.29) is 27.0 Å². The number of rotatable bonds is 2. The van der Waals surface area contributed by atoms with Gasteiger partial charge in [-0.2, -0.15) is 10.5 Å². The van der Waals surface area contributed by atoms with Crippen molar-refractivity contribution in [2.45, 2.75) is 6.36 Å². The number of alkyl halides is 3. The molecule has 0 aliphatic rings. The molecule has 2 aromatic rings. The number of nitrogens with zero attached hydrogens (tertiary/aromatic N) is 2. The second-order valence-corrected chi connectivity index (χ2v) is 5.36. The van der Waals surface area contributed by atoms with Gasteiger partial charge in [0.2, 0.25) is 0 Å². The molecule has 3 N–H and O–H groups in total. The summed E-state index contributed by atoms with van der Waals surface area (Å²) in [6.07, 6.45) is -4.93. The first-order valence-electron chi connectivity index (χ1n) is 6.09. The summed E-state index contributed by atoms with van der Waals surface area (Å²) in [6, 6.07) is 6.68. The lowest BCUT2D eigenvalue weighted by atomic mass is 9.96. The highest BCUT2D eigenvalue weighted by molar-refractivity contribution is 9.10. The number of ether oxygens (including phenoxy) is 1. The van der Waals surface area contributed by atoms with E-state index in [4.69, 9.17) is 11.0 Å². The van der Waals surface area contributed by atoms with Gasteiger partial charge in [0.1, 0.15) is 34.8 Å². The third-order valence-corrected chi connectivity index (χ3v) is 3.32. The average Bonchev–Trinajstić information content (AvgIpc) is 2.44. The van der Waals surface area contributed by atoms with Crippen molar-refractivity contribution in [2.24, 2.45) is 0 Å². The molecule has 1 aromatic heterocycles. The minimum absolute atomic E-state index is 0.00507. The number of halogens is 4. The zero-order valence-electron chi connectivity index (χ0n) is 11.5. The Kier molecular flexibility index (Phi) is 4.53. The summed E-state index contributed by atoms with van der Waals surface area (Å²) in [4.78, 5) is 14.0. The zero-order valence-corrected chi connectivity index (χ0v) is 13.1. The predicted molar refractivity (Wildman–Crippen MR) is 80.7 cm³/mol. The molecule has 0 amide bonds. The Bertz CT molecular complexity index is 955. The number of benzene rings is 1. The van der Waals surface area contributed by atoms with Crippen LogP contribution in [0.2, 0.25) is 0 Å².